The van der Waals surface area contributed by atoms with Crippen molar-refractivity contribution < 1.29 is 0 Å². The number of anilines is 2. The van der Waals surface area contributed by atoms with E-state index in [1.165, 1.54) is 16.8 Å². The molecule has 2 aromatic rings. The van der Waals surface area contributed by atoms with Crippen LogP contribution in [0.15, 0.2) is 42.6 Å². The van der Waals surface area contributed by atoms with Gasteiger partial charge in [0, 0.05) is 25.0 Å². The van der Waals surface area contributed by atoms with Crippen LogP contribution in [-0.2, 0) is 13.0 Å². The summed E-state index contributed by atoms with van der Waals surface area (Å²) in [4.78, 5) is 6.80. The molecule has 92 valence electrons. The second kappa shape index (κ2) is 4.78. The minimum atomic E-state index is 0.880. The molecule has 2 heterocycles. The van der Waals surface area contributed by atoms with E-state index in [4.69, 9.17) is 0 Å². The van der Waals surface area contributed by atoms with Crippen LogP contribution in [0.1, 0.15) is 11.1 Å². The van der Waals surface area contributed by atoms with Crippen molar-refractivity contribution in [3.05, 3.63) is 53.7 Å². The van der Waals surface area contributed by atoms with E-state index in [1.54, 1.807) is 0 Å². The zero-order valence-corrected chi connectivity index (χ0v) is 10.6. The van der Waals surface area contributed by atoms with E-state index in [-0.39, 0.29) is 0 Å². The van der Waals surface area contributed by atoms with Crippen LogP contribution >= 0.6 is 0 Å². The summed E-state index contributed by atoms with van der Waals surface area (Å²) in [5, 5.41) is 3.17. The van der Waals surface area contributed by atoms with Crippen LogP contribution in [0.5, 0.6) is 0 Å². The molecule has 3 nitrogen and oxygen atoms in total. The molecule has 0 bridgehead atoms. The van der Waals surface area contributed by atoms with E-state index < -0.39 is 0 Å². The summed E-state index contributed by atoms with van der Waals surface area (Å²) in [5.41, 5.74) is 3.98. The fraction of sp³-hybridized carbons (Fsp3) is 0.267. The Bertz CT molecular complexity index is 551. The highest BCUT2D eigenvalue weighted by atomic mass is 15.2. The molecule has 1 aliphatic rings. The summed E-state index contributed by atoms with van der Waals surface area (Å²) in [6.07, 6.45) is 3.00. The number of nitrogens with zero attached hydrogens (tertiary/aromatic N) is 2. The molecule has 18 heavy (non-hydrogen) atoms. The summed E-state index contributed by atoms with van der Waals surface area (Å²) >= 11 is 0. The highest BCUT2D eigenvalue weighted by Crippen LogP contribution is 2.33. The predicted molar refractivity (Wildman–Crippen MR) is 74.2 cm³/mol. The van der Waals surface area contributed by atoms with E-state index in [1.807, 2.05) is 13.2 Å². The second-order valence-electron chi connectivity index (χ2n) is 4.58. The van der Waals surface area contributed by atoms with Gasteiger partial charge in [-0.05, 0) is 42.8 Å². The molecule has 0 spiro atoms. The van der Waals surface area contributed by atoms with Crippen LogP contribution in [0.25, 0.3) is 0 Å². The first kappa shape index (κ1) is 11.2. The van der Waals surface area contributed by atoms with Crippen LogP contribution in [0, 0.1) is 0 Å². The van der Waals surface area contributed by atoms with Gasteiger partial charge < -0.3 is 10.2 Å². The van der Waals surface area contributed by atoms with Crippen LogP contribution in [0.4, 0.5) is 11.5 Å². The number of nitrogens with one attached hydrogen (secondary N) is 1. The number of para-hydroxylation sites is 1. The minimum Gasteiger partial charge on any atom is -0.326 e. The lowest BCUT2D eigenvalue weighted by molar-refractivity contribution is 0.814. The average molecular weight is 239 g/mol. The Morgan fingerprint density at radius 1 is 1.28 bits per heavy atom. The normalized spacial score (nSPS) is 13.7. The zero-order valence-electron chi connectivity index (χ0n) is 10.6. The highest BCUT2D eigenvalue weighted by Gasteiger charge is 2.20. The first-order valence-electron chi connectivity index (χ1n) is 6.33. The number of benzene rings is 1. The van der Waals surface area contributed by atoms with Crippen LogP contribution in [0.2, 0.25) is 0 Å². The first-order valence-corrected chi connectivity index (χ1v) is 6.33. The maximum atomic E-state index is 4.50. The van der Waals surface area contributed by atoms with E-state index in [9.17, 15) is 0 Å². The third kappa shape index (κ3) is 1.97. The third-order valence-corrected chi connectivity index (χ3v) is 3.35. The average Bonchev–Trinajstić information content (AvgIpc) is 2.83. The van der Waals surface area contributed by atoms with Crippen molar-refractivity contribution in [2.45, 2.75) is 13.0 Å². The molecular weight excluding hydrogens is 222 g/mol. The van der Waals surface area contributed by atoms with Gasteiger partial charge in [-0.1, -0.05) is 18.2 Å². The smallest absolute Gasteiger partial charge is 0.133 e. The third-order valence-electron chi connectivity index (χ3n) is 3.35. The molecule has 0 saturated carbocycles. The molecule has 0 amide bonds. The lowest BCUT2D eigenvalue weighted by atomic mass is 10.2. The van der Waals surface area contributed by atoms with Gasteiger partial charge >= 0.3 is 0 Å². The van der Waals surface area contributed by atoms with E-state index in [0.717, 1.165) is 25.3 Å². The number of hydrogen-bond donors (Lipinski definition) is 1. The highest BCUT2D eigenvalue weighted by molar-refractivity contribution is 5.67. The molecule has 0 radical (unpaired) electrons. The quantitative estimate of drug-likeness (QED) is 0.892. The molecule has 1 N–H and O–H groups in total. The molecule has 1 aliphatic heterocycles. The van der Waals surface area contributed by atoms with Crippen molar-refractivity contribution >= 4 is 11.5 Å². The minimum absolute atomic E-state index is 0.880. The Hall–Kier alpha value is -1.87. The summed E-state index contributed by atoms with van der Waals surface area (Å²) in [6, 6.07) is 12.8. The Labute approximate surface area is 107 Å². The molecular formula is C15H17N3. The van der Waals surface area contributed by atoms with Gasteiger partial charge in [0.25, 0.3) is 0 Å². The molecule has 1 aromatic heterocycles. The van der Waals surface area contributed by atoms with Crippen molar-refractivity contribution in [3.63, 3.8) is 0 Å². The largest absolute Gasteiger partial charge is 0.326 e. The van der Waals surface area contributed by atoms with Gasteiger partial charge in [-0.3, -0.25) is 0 Å². The van der Waals surface area contributed by atoms with Gasteiger partial charge in [-0.25, -0.2) is 4.98 Å². The molecule has 3 rings (SSSR count). The Morgan fingerprint density at radius 3 is 3.06 bits per heavy atom. The van der Waals surface area contributed by atoms with Crippen LogP contribution in [0.3, 0.4) is 0 Å². The molecule has 0 saturated heterocycles. The molecule has 1 aromatic carbocycles. The molecule has 3 heteroatoms. The number of aromatic nitrogens is 1. The van der Waals surface area contributed by atoms with E-state index >= 15 is 0 Å². The summed E-state index contributed by atoms with van der Waals surface area (Å²) < 4.78 is 0. The van der Waals surface area contributed by atoms with Gasteiger partial charge in [-0.2, -0.15) is 0 Å². The summed E-state index contributed by atoms with van der Waals surface area (Å²) in [6.45, 7) is 1.90. The standard InChI is InChI=1S/C15H17N3/c1-16-11-12-6-8-17-15(10-12)18-9-7-13-4-2-3-5-14(13)18/h2-6,8,10,16H,7,9,11H2,1H3. The zero-order chi connectivity index (χ0) is 12.4. The first-order chi connectivity index (χ1) is 8.88. The molecule has 0 atom stereocenters. The molecule has 0 unspecified atom stereocenters. The SMILES string of the molecule is CNCc1ccnc(N2CCc3ccccc32)c1. The lowest BCUT2D eigenvalue weighted by Crippen LogP contribution is -2.15. The monoisotopic (exact) mass is 239 g/mol. The predicted octanol–water partition coefficient (Wildman–Crippen LogP) is 2.50. The van der Waals surface area contributed by atoms with Crippen LogP contribution < -0.4 is 10.2 Å². The fourth-order valence-corrected chi connectivity index (χ4v) is 2.50. The Morgan fingerprint density at radius 2 is 2.17 bits per heavy atom. The molecule has 0 fully saturated rings. The van der Waals surface area contributed by atoms with Crippen LogP contribution in [-0.4, -0.2) is 18.6 Å². The maximum Gasteiger partial charge on any atom is 0.133 e. The van der Waals surface area contributed by atoms with Crippen molar-refractivity contribution in [1.29, 1.82) is 0 Å². The van der Waals surface area contributed by atoms with Crippen molar-refractivity contribution in [3.8, 4) is 0 Å². The maximum absolute atomic E-state index is 4.50. The second-order valence-corrected chi connectivity index (χ2v) is 4.58. The Kier molecular flexibility index (Phi) is 2.99. The van der Waals surface area contributed by atoms with Crippen molar-refractivity contribution in [2.75, 3.05) is 18.5 Å². The fourth-order valence-electron chi connectivity index (χ4n) is 2.50. The van der Waals surface area contributed by atoms with Crippen molar-refractivity contribution in [1.82, 2.24) is 10.3 Å². The van der Waals surface area contributed by atoms with Crippen molar-refractivity contribution in [2.24, 2.45) is 0 Å². The Balaban J connectivity index is 1.94. The summed E-state index contributed by atoms with van der Waals surface area (Å²) in [5.74, 6) is 1.05. The number of fused-ring (bicyclic) bond motifs is 1. The van der Waals surface area contributed by atoms with E-state index in [2.05, 4.69) is 51.6 Å². The number of pyridine rings is 1. The topological polar surface area (TPSA) is 28.2 Å². The number of rotatable bonds is 3. The molecule has 0 aliphatic carbocycles. The summed E-state index contributed by atoms with van der Waals surface area (Å²) in [7, 11) is 1.96. The van der Waals surface area contributed by atoms with Gasteiger partial charge in [0.05, 0.1) is 0 Å². The van der Waals surface area contributed by atoms with Gasteiger partial charge in [-0.15, -0.1) is 0 Å². The van der Waals surface area contributed by atoms with E-state index in [0.29, 0.717) is 0 Å². The number of hydrogen-bond acceptors (Lipinski definition) is 3. The lowest BCUT2D eigenvalue weighted by Gasteiger charge is -2.18. The van der Waals surface area contributed by atoms with Gasteiger partial charge in [0.15, 0.2) is 0 Å². The van der Waals surface area contributed by atoms with Gasteiger partial charge in [0.2, 0.25) is 0 Å². The van der Waals surface area contributed by atoms with Gasteiger partial charge in [0.1, 0.15) is 5.82 Å².